The van der Waals surface area contributed by atoms with Gasteiger partial charge in [-0.25, -0.2) is 4.98 Å². The number of aromatic nitrogens is 3. The number of hydrogen-bond acceptors (Lipinski definition) is 7. The molecule has 2 aromatic rings. The first-order chi connectivity index (χ1) is 12.1. The van der Waals surface area contributed by atoms with Crippen LogP contribution in [0.4, 0.5) is 11.6 Å². The number of carbonyl (C=O) groups is 1. The van der Waals surface area contributed by atoms with Gasteiger partial charge >= 0.3 is 0 Å². The monoisotopic (exact) mass is 345 g/mol. The lowest BCUT2D eigenvalue weighted by Crippen LogP contribution is -2.39. The third-order valence-corrected chi connectivity index (χ3v) is 4.48. The molecule has 1 aliphatic heterocycles. The Morgan fingerprint density at radius 1 is 1.44 bits per heavy atom. The molecule has 3 rings (SSSR count). The summed E-state index contributed by atoms with van der Waals surface area (Å²) in [6, 6.07) is 1.72. The van der Waals surface area contributed by atoms with Crippen LogP contribution in [0.25, 0.3) is 0 Å². The van der Waals surface area contributed by atoms with Crippen molar-refractivity contribution in [2.75, 3.05) is 30.4 Å². The predicted molar refractivity (Wildman–Crippen MR) is 92.8 cm³/mol. The number of methoxy groups -OCH3 is 1. The van der Waals surface area contributed by atoms with Gasteiger partial charge in [-0.3, -0.25) is 4.79 Å². The van der Waals surface area contributed by atoms with E-state index in [1.807, 2.05) is 13.8 Å². The Hall–Kier alpha value is -2.64. The molecule has 1 aliphatic rings. The number of rotatable bonds is 5. The minimum Gasteiger partial charge on any atom is -0.481 e. The number of aryl methyl sites for hydroxylation is 2. The van der Waals surface area contributed by atoms with Crippen LogP contribution in [0.15, 0.2) is 16.8 Å². The van der Waals surface area contributed by atoms with E-state index in [9.17, 15) is 4.79 Å². The number of anilines is 2. The van der Waals surface area contributed by atoms with Crippen molar-refractivity contribution >= 4 is 17.5 Å². The fourth-order valence-electron chi connectivity index (χ4n) is 2.98. The quantitative estimate of drug-likeness (QED) is 0.888. The summed E-state index contributed by atoms with van der Waals surface area (Å²) >= 11 is 0. The van der Waals surface area contributed by atoms with Crippen molar-refractivity contribution in [2.45, 2.75) is 33.1 Å². The molecule has 0 unspecified atom stereocenters. The number of amides is 1. The second kappa shape index (κ2) is 7.50. The van der Waals surface area contributed by atoms with Crippen LogP contribution in [-0.2, 0) is 11.2 Å². The highest BCUT2D eigenvalue weighted by Gasteiger charge is 2.27. The van der Waals surface area contributed by atoms with Gasteiger partial charge in [-0.15, -0.1) is 0 Å². The zero-order valence-corrected chi connectivity index (χ0v) is 14.8. The van der Waals surface area contributed by atoms with E-state index in [0.717, 1.165) is 25.9 Å². The van der Waals surface area contributed by atoms with Crippen LogP contribution in [0, 0.1) is 12.8 Å². The third kappa shape index (κ3) is 3.72. The fraction of sp³-hybridized carbons (Fsp3) is 0.529. The minimum absolute atomic E-state index is 0.0206. The van der Waals surface area contributed by atoms with Gasteiger partial charge < -0.3 is 19.5 Å². The normalized spacial score (nSPS) is 15.2. The van der Waals surface area contributed by atoms with E-state index in [0.29, 0.717) is 35.4 Å². The Morgan fingerprint density at radius 2 is 2.20 bits per heavy atom. The van der Waals surface area contributed by atoms with E-state index in [2.05, 4.69) is 25.3 Å². The van der Waals surface area contributed by atoms with Crippen LogP contribution in [-0.4, -0.2) is 41.2 Å². The molecule has 8 nitrogen and oxygen atoms in total. The summed E-state index contributed by atoms with van der Waals surface area (Å²) in [5.74, 6) is 1.88. The number of nitrogens with one attached hydrogen (secondary N) is 1. The van der Waals surface area contributed by atoms with Crippen molar-refractivity contribution in [2.24, 2.45) is 5.92 Å². The van der Waals surface area contributed by atoms with Crippen LogP contribution < -0.4 is 15.0 Å². The molecule has 0 atom stereocenters. The van der Waals surface area contributed by atoms with Gasteiger partial charge in [0, 0.05) is 37.7 Å². The Balaban J connectivity index is 1.60. The molecule has 1 amide bonds. The molecule has 8 heteroatoms. The molecule has 0 aliphatic carbocycles. The van der Waals surface area contributed by atoms with Crippen LogP contribution in [0.3, 0.4) is 0 Å². The highest BCUT2D eigenvalue weighted by atomic mass is 16.5. The summed E-state index contributed by atoms with van der Waals surface area (Å²) < 4.78 is 10.4. The minimum atomic E-state index is -0.0409. The van der Waals surface area contributed by atoms with Crippen LogP contribution in [0.5, 0.6) is 5.88 Å². The molecular weight excluding hydrogens is 322 g/mol. The molecule has 0 spiro atoms. The van der Waals surface area contributed by atoms with Crippen LogP contribution in [0.1, 0.15) is 31.2 Å². The first-order valence-electron chi connectivity index (χ1n) is 8.50. The van der Waals surface area contributed by atoms with Gasteiger partial charge in [-0.2, -0.15) is 4.98 Å². The van der Waals surface area contributed by atoms with Crippen molar-refractivity contribution in [3.8, 4) is 5.88 Å². The Bertz CT molecular complexity index is 738. The first kappa shape index (κ1) is 17.2. The molecule has 0 radical (unpaired) electrons. The van der Waals surface area contributed by atoms with E-state index in [4.69, 9.17) is 9.26 Å². The second-order valence-electron chi connectivity index (χ2n) is 6.07. The summed E-state index contributed by atoms with van der Waals surface area (Å²) in [4.78, 5) is 23.3. The van der Waals surface area contributed by atoms with E-state index in [1.165, 1.54) is 0 Å². The van der Waals surface area contributed by atoms with Gasteiger partial charge in [0.25, 0.3) is 0 Å². The lowest BCUT2D eigenvalue weighted by atomic mass is 9.96. The smallest absolute Gasteiger partial charge is 0.228 e. The topological polar surface area (TPSA) is 93.4 Å². The third-order valence-electron chi connectivity index (χ3n) is 4.48. The summed E-state index contributed by atoms with van der Waals surface area (Å²) in [7, 11) is 1.58. The van der Waals surface area contributed by atoms with Crippen molar-refractivity contribution in [1.29, 1.82) is 0 Å². The number of nitrogens with zero attached hydrogens (tertiary/aromatic N) is 4. The maximum atomic E-state index is 12.6. The molecule has 2 aromatic heterocycles. The average molecular weight is 345 g/mol. The lowest BCUT2D eigenvalue weighted by molar-refractivity contribution is -0.120. The number of piperidine rings is 1. The number of ether oxygens (including phenoxy) is 1. The van der Waals surface area contributed by atoms with E-state index >= 15 is 0 Å². The van der Waals surface area contributed by atoms with Gasteiger partial charge in [-0.1, -0.05) is 12.1 Å². The van der Waals surface area contributed by atoms with Gasteiger partial charge in [0.05, 0.1) is 7.11 Å². The molecule has 0 aromatic carbocycles. The number of carbonyl (C=O) groups excluding carboxylic acids is 1. The SMILES string of the molecule is CCc1onc(C)c1NC(=O)C1CCN(c2nccc(OC)n2)CC1. The molecule has 0 bridgehead atoms. The average Bonchev–Trinajstić information content (AvgIpc) is 3.01. The highest BCUT2D eigenvalue weighted by Crippen LogP contribution is 2.25. The molecule has 1 saturated heterocycles. The fourth-order valence-corrected chi connectivity index (χ4v) is 2.98. The summed E-state index contributed by atoms with van der Waals surface area (Å²) in [6.07, 6.45) is 3.87. The Labute approximate surface area is 146 Å². The van der Waals surface area contributed by atoms with Crippen molar-refractivity contribution < 1.29 is 14.1 Å². The summed E-state index contributed by atoms with van der Waals surface area (Å²) in [6.45, 7) is 5.27. The first-order valence-corrected chi connectivity index (χ1v) is 8.50. The zero-order valence-electron chi connectivity index (χ0n) is 14.8. The molecule has 25 heavy (non-hydrogen) atoms. The van der Waals surface area contributed by atoms with Gasteiger partial charge in [0.2, 0.25) is 17.7 Å². The maximum Gasteiger partial charge on any atom is 0.228 e. The van der Waals surface area contributed by atoms with Crippen molar-refractivity contribution in [3.05, 3.63) is 23.7 Å². The number of hydrogen-bond donors (Lipinski definition) is 1. The summed E-state index contributed by atoms with van der Waals surface area (Å²) in [5.41, 5.74) is 1.43. The van der Waals surface area contributed by atoms with E-state index < -0.39 is 0 Å². The van der Waals surface area contributed by atoms with Gasteiger partial charge in [0.15, 0.2) is 5.76 Å². The predicted octanol–water partition coefficient (Wildman–Crippen LogP) is 2.20. The standard InChI is InChI=1S/C17H23N5O3/c1-4-13-15(11(2)21-25-13)20-16(23)12-6-9-22(10-7-12)17-18-8-5-14(19-17)24-3/h5,8,12H,4,6-7,9-10H2,1-3H3,(H,20,23). The molecular formula is C17H23N5O3. The van der Waals surface area contributed by atoms with Crippen molar-refractivity contribution in [1.82, 2.24) is 15.1 Å². The van der Waals surface area contributed by atoms with Gasteiger partial charge in [0.1, 0.15) is 11.4 Å². The van der Waals surface area contributed by atoms with Crippen LogP contribution in [0.2, 0.25) is 0 Å². The Morgan fingerprint density at radius 3 is 2.88 bits per heavy atom. The molecule has 1 fully saturated rings. The molecule has 3 heterocycles. The molecule has 134 valence electrons. The second-order valence-corrected chi connectivity index (χ2v) is 6.07. The lowest BCUT2D eigenvalue weighted by Gasteiger charge is -2.31. The zero-order chi connectivity index (χ0) is 17.8. The van der Waals surface area contributed by atoms with E-state index in [-0.39, 0.29) is 11.8 Å². The van der Waals surface area contributed by atoms with Crippen LogP contribution >= 0.6 is 0 Å². The largest absolute Gasteiger partial charge is 0.481 e. The molecule has 1 N–H and O–H groups in total. The van der Waals surface area contributed by atoms with E-state index in [1.54, 1.807) is 19.4 Å². The molecule has 0 saturated carbocycles. The van der Waals surface area contributed by atoms with Gasteiger partial charge in [-0.05, 0) is 19.8 Å². The van der Waals surface area contributed by atoms with Crippen molar-refractivity contribution in [3.63, 3.8) is 0 Å². The maximum absolute atomic E-state index is 12.6. The summed E-state index contributed by atoms with van der Waals surface area (Å²) in [5, 5.41) is 6.91. The highest BCUT2D eigenvalue weighted by molar-refractivity contribution is 5.93. The Kier molecular flexibility index (Phi) is 5.16.